The molecule has 0 spiro atoms. The van der Waals surface area contributed by atoms with Gasteiger partial charge in [0.2, 0.25) is 5.91 Å². The molecule has 0 bridgehead atoms. The van der Waals surface area contributed by atoms with Gasteiger partial charge in [0.1, 0.15) is 5.82 Å². The van der Waals surface area contributed by atoms with Crippen molar-refractivity contribution in [2.75, 3.05) is 0 Å². The van der Waals surface area contributed by atoms with Gasteiger partial charge in [-0.15, -0.1) is 0 Å². The summed E-state index contributed by atoms with van der Waals surface area (Å²) < 4.78 is 0. The average Bonchev–Trinajstić information content (AvgIpc) is 3.05. The number of aryl methyl sites for hydroxylation is 1. The average molecular weight is 355 g/mol. The standard InChI is InChI=1S/C19H19ClN4O/c1-13-22-18(24-23-13)12-21-19(25)11-16(14-7-3-2-4-8-14)15-9-5-6-10-17(15)20/h2-10,16H,11-12H2,1H3,(H,21,25)(H,22,23,24). The number of aromatic nitrogens is 3. The molecule has 3 rings (SSSR count). The highest BCUT2D eigenvalue weighted by atomic mass is 35.5. The maximum absolute atomic E-state index is 12.5. The third-order valence-electron chi connectivity index (χ3n) is 3.96. The van der Waals surface area contributed by atoms with Crippen LogP contribution >= 0.6 is 11.6 Å². The van der Waals surface area contributed by atoms with Crippen LogP contribution < -0.4 is 5.32 Å². The number of aromatic amines is 1. The van der Waals surface area contributed by atoms with Crippen LogP contribution in [-0.2, 0) is 11.3 Å². The number of benzene rings is 2. The molecule has 0 aliphatic carbocycles. The number of nitrogens with one attached hydrogen (secondary N) is 2. The minimum atomic E-state index is -0.108. The fourth-order valence-electron chi connectivity index (χ4n) is 2.75. The Labute approximate surface area is 151 Å². The van der Waals surface area contributed by atoms with Gasteiger partial charge in [-0.25, -0.2) is 4.98 Å². The Bertz CT molecular complexity index is 847. The zero-order valence-electron chi connectivity index (χ0n) is 13.9. The van der Waals surface area contributed by atoms with Crippen molar-refractivity contribution in [1.29, 1.82) is 0 Å². The van der Waals surface area contributed by atoms with E-state index in [0.717, 1.165) is 17.0 Å². The Hall–Kier alpha value is -2.66. The van der Waals surface area contributed by atoms with Crippen LogP contribution in [-0.4, -0.2) is 21.1 Å². The fraction of sp³-hybridized carbons (Fsp3) is 0.211. The van der Waals surface area contributed by atoms with Crippen molar-refractivity contribution in [2.45, 2.75) is 25.8 Å². The van der Waals surface area contributed by atoms with E-state index in [1.54, 1.807) is 0 Å². The second kappa shape index (κ2) is 7.94. The summed E-state index contributed by atoms with van der Waals surface area (Å²) in [5.74, 6) is 1.11. The molecule has 3 aromatic rings. The highest BCUT2D eigenvalue weighted by molar-refractivity contribution is 6.31. The van der Waals surface area contributed by atoms with Crippen LogP contribution in [0.15, 0.2) is 54.6 Å². The van der Waals surface area contributed by atoms with Crippen molar-refractivity contribution in [2.24, 2.45) is 0 Å². The summed E-state index contributed by atoms with van der Waals surface area (Å²) in [7, 11) is 0. The molecule has 1 heterocycles. The van der Waals surface area contributed by atoms with Gasteiger partial charge in [0.25, 0.3) is 0 Å². The summed E-state index contributed by atoms with van der Waals surface area (Å²) in [6.07, 6.45) is 0.303. The van der Waals surface area contributed by atoms with E-state index in [-0.39, 0.29) is 11.8 Å². The molecular formula is C19H19ClN4O. The highest BCUT2D eigenvalue weighted by Crippen LogP contribution is 2.32. The number of hydrogen-bond acceptors (Lipinski definition) is 3. The molecule has 0 aliphatic heterocycles. The van der Waals surface area contributed by atoms with Crippen LogP contribution in [0.2, 0.25) is 5.02 Å². The monoisotopic (exact) mass is 354 g/mol. The van der Waals surface area contributed by atoms with Gasteiger partial charge in [0.15, 0.2) is 5.82 Å². The molecule has 0 radical (unpaired) electrons. The molecule has 0 saturated heterocycles. The first-order valence-electron chi connectivity index (χ1n) is 8.07. The normalized spacial score (nSPS) is 11.9. The summed E-state index contributed by atoms with van der Waals surface area (Å²) >= 11 is 6.37. The first-order valence-corrected chi connectivity index (χ1v) is 8.45. The Kier molecular flexibility index (Phi) is 5.46. The van der Waals surface area contributed by atoms with Gasteiger partial charge in [0.05, 0.1) is 6.54 Å². The largest absolute Gasteiger partial charge is 0.349 e. The molecule has 0 fully saturated rings. The lowest BCUT2D eigenvalue weighted by Gasteiger charge is -2.19. The predicted molar refractivity (Wildman–Crippen MR) is 97.3 cm³/mol. The molecule has 1 aromatic heterocycles. The number of carbonyl (C=O) groups is 1. The molecule has 128 valence electrons. The number of hydrogen-bond donors (Lipinski definition) is 2. The summed E-state index contributed by atoms with van der Waals surface area (Å²) in [6, 6.07) is 17.6. The minimum absolute atomic E-state index is 0.0729. The second-order valence-corrected chi connectivity index (χ2v) is 6.21. The summed E-state index contributed by atoms with van der Waals surface area (Å²) in [5.41, 5.74) is 2.00. The van der Waals surface area contributed by atoms with E-state index < -0.39 is 0 Å². The molecule has 1 amide bonds. The van der Waals surface area contributed by atoms with Gasteiger partial charge in [-0.1, -0.05) is 60.1 Å². The third kappa shape index (κ3) is 4.45. The molecule has 6 heteroatoms. The molecule has 2 N–H and O–H groups in total. The summed E-state index contributed by atoms with van der Waals surface area (Å²) in [6.45, 7) is 2.12. The number of H-pyrrole nitrogens is 1. The number of carbonyl (C=O) groups excluding carboxylic acids is 1. The summed E-state index contributed by atoms with van der Waals surface area (Å²) in [5, 5.41) is 10.3. The van der Waals surface area contributed by atoms with Crippen LogP contribution in [0.25, 0.3) is 0 Å². The topological polar surface area (TPSA) is 70.7 Å². The van der Waals surface area contributed by atoms with Gasteiger partial charge < -0.3 is 5.32 Å². The van der Waals surface area contributed by atoms with E-state index in [1.807, 2.05) is 61.5 Å². The molecule has 0 saturated carbocycles. The third-order valence-corrected chi connectivity index (χ3v) is 4.30. The first kappa shape index (κ1) is 17.2. The van der Waals surface area contributed by atoms with Crippen molar-refractivity contribution >= 4 is 17.5 Å². The van der Waals surface area contributed by atoms with Gasteiger partial charge in [0, 0.05) is 17.4 Å². The van der Waals surface area contributed by atoms with E-state index in [9.17, 15) is 4.79 Å². The zero-order valence-corrected chi connectivity index (χ0v) is 14.6. The molecule has 5 nitrogen and oxygen atoms in total. The molecule has 25 heavy (non-hydrogen) atoms. The van der Waals surface area contributed by atoms with Crippen molar-refractivity contribution in [3.8, 4) is 0 Å². The number of halogens is 1. The lowest BCUT2D eigenvalue weighted by Crippen LogP contribution is -2.25. The Morgan fingerprint density at radius 3 is 2.56 bits per heavy atom. The molecular weight excluding hydrogens is 336 g/mol. The van der Waals surface area contributed by atoms with Crippen molar-refractivity contribution < 1.29 is 4.79 Å². The lowest BCUT2D eigenvalue weighted by molar-refractivity contribution is -0.121. The Morgan fingerprint density at radius 1 is 1.16 bits per heavy atom. The van der Waals surface area contributed by atoms with E-state index in [4.69, 9.17) is 11.6 Å². The van der Waals surface area contributed by atoms with Gasteiger partial charge in [-0.3, -0.25) is 9.89 Å². The maximum Gasteiger partial charge on any atom is 0.221 e. The van der Waals surface area contributed by atoms with Crippen LogP contribution in [0.4, 0.5) is 0 Å². The highest BCUT2D eigenvalue weighted by Gasteiger charge is 2.20. The smallest absolute Gasteiger partial charge is 0.221 e. The number of rotatable bonds is 6. The first-order chi connectivity index (χ1) is 12.1. The zero-order chi connectivity index (χ0) is 17.6. The van der Waals surface area contributed by atoms with Gasteiger partial charge in [-0.2, -0.15) is 5.10 Å². The van der Waals surface area contributed by atoms with E-state index in [0.29, 0.717) is 23.8 Å². The van der Waals surface area contributed by atoms with Crippen LogP contribution in [0.1, 0.15) is 35.1 Å². The lowest BCUT2D eigenvalue weighted by atomic mass is 9.88. The summed E-state index contributed by atoms with van der Waals surface area (Å²) in [4.78, 5) is 16.7. The SMILES string of the molecule is Cc1nc(CNC(=O)CC(c2ccccc2)c2ccccc2Cl)n[nH]1. The Balaban J connectivity index is 1.76. The minimum Gasteiger partial charge on any atom is -0.349 e. The number of amides is 1. The Morgan fingerprint density at radius 2 is 1.88 bits per heavy atom. The van der Waals surface area contributed by atoms with Crippen LogP contribution in [0, 0.1) is 6.92 Å². The molecule has 2 aromatic carbocycles. The van der Waals surface area contributed by atoms with Crippen molar-refractivity contribution in [3.63, 3.8) is 0 Å². The van der Waals surface area contributed by atoms with Crippen molar-refractivity contribution in [3.05, 3.63) is 82.4 Å². The maximum atomic E-state index is 12.5. The molecule has 1 atom stereocenters. The van der Waals surface area contributed by atoms with E-state index >= 15 is 0 Å². The van der Waals surface area contributed by atoms with Crippen molar-refractivity contribution in [1.82, 2.24) is 20.5 Å². The molecule has 1 unspecified atom stereocenters. The predicted octanol–water partition coefficient (Wildman–Crippen LogP) is 3.60. The van der Waals surface area contributed by atoms with E-state index in [1.165, 1.54) is 0 Å². The fourth-order valence-corrected chi connectivity index (χ4v) is 3.02. The van der Waals surface area contributed by atoms with Crippen LogP contribution in [0.3, 0.4) is 0 Å². The quantitative estimate of drug-likeness (QED) is 0.710. The van der Waals surface area contributed by atoms with Crippen LogP contribution in [0.5, 0.6) is 0 Å². The second-order valence-electron chi connectivity index (χ2n) is 5.80. The van der Waals surface area contributed by atoms with E-state index in [2.05, 4.69) is 20.5 Å². The molecule has 0 aliphatic rings. The van der Waals surface area contributed by atoms with Gasteiger partial charge in [-0.05, 0) is 24.1 Å². The van der Waals surface area contributed by atoms with Gasteiger partial charge >= 0.3 is 0 Å². The number of nitrogens with zero attached hydrogens (tertiary/aromatic N) is 2.